The van der Waals surface area contributed by atoms with Crippen molar-refractivity contribution in [1.82, 2.24) is 14.5 Å². The van der Waals surface area contributed by atoms with Crippen LogP contribution in [0.15, 0.2) is 114 Å². The highest BCUT2D eigenvalue weighted by atomic mass is 79.9. The molecular weight excluding hydrogens is 615 g/mol. The van der Waals surface area contributed by atoms with E-state index in [1.165, 1.54) is 17.7 Å². The van der Waals surface area contributed by atoms with Crippen LogP contribution in [0, 0.1) is 5.92 Å². The molecule has 0 saturated carbocycles. The highest BCUT2D eigenvalue weighted by Crippen LogP contribution is 2.39. The van der Waals surface area contributed by atoms with Gasteiger partial charge >= 0.3 is 6.18 Å². The topological polar surface area (TPSA) is 38.1 Å². The van der Waals surface area contributed by atoms with Gasteiger partial charge in [-0.2, -0.15) is 13.2 Å². The third-order valence-electron chi connectivity index (χ3n) is 8.03. The molecule has 0 spiro atoms. The summed E-state index contributed by atoms with van der Waals surface area (Å²) in [7, 11) is 0. The third-order valence-corrected chi connectivity index (χ3v) is 8.55. The molecular formula is C35H29BrF3N3O. The molecule has 0 aliphatic carbocycles. The van der Waals surface area contributed by atoms with E-state index in [9.17, 15) is 18.0 Å². The van der Waals surface area contributed by atoms with Crippen molar-refractivity contribution in [2.24, 2.45) is 5.92 Å². The Balaban J connectivity index is 1.32. The van der Waals surface area contributed by atoms with E-state index in [0.717, 1.165) is 35.4 Å². The second-order valence-corrected chi connectivity index (χ2v) is 11.8. The molecule has 6 rings (SSSR count). The Morgan fingerprint density at radius 1 is 0.837 bits per heavy atom. The van der Waals surface area contributed by atoms with Gasteiger partial charge in [-0.05, 0) is 96.5 Å². The van der Waals surface area contributed by atoms with Crippen molar-refractivity contribution in [3.05, 3.63) is 131 Å². The predicted molar refractivity (Wildman–Crippen MR) is 166 cm³/mol. The van der Waals surface area contributed by atoms with Crippen LogP contribution >= 0.6 is 15.9 Å². The van der Waals surface area contributed by atoms with E-state index < -0.39 is 11.7 Å². The zero-order chi connectivity index (χ0) is 30.0. The van der Waals surface area contributed by atoms with Crippen LogP contribution in [0.1, 0.15) is 34.3 Å². The van der Waals surface area contributed by atoms with E-state index in [2.05, 4.69) is 27.0 Å². The highest BCUT2D eigenvalue weighted by molar-refractivity contribution is 9.10. The standard InChI is InChI=1S/C35H29BrF3N3O/c36-29-12-10-26(11-13-29)31-14-15-32(42(31)33-9-2-1-8-30(33)35(37,38)39)27-6-3-7-28(22-27)34(43)41-19-16-24(17-20-41)21-25-5-4-18-40-23-25/h1-15,18,22-24H,16-17,19-21H2. The molecule has 0 unspecified atom stereocenters. The van der Waals surface area contributed by atoms with E-state index >= 15 is 0 Å². The number of alkyl halides is 3. The molecule has 1 aliphatic heterocycles. The van der Waals surface area contributed by atoms with Gasteiger partial charge in [0.2, 0.25) is 0 Å². The van der Waals surface area contributed by atoms with E-state index in [4.69, 9.17) is 0 Å². The molecule has 1 fully saturated rings. The SMILES string of the molecule is O=C(c1cccc(-c2ccc(-c3ccc(Br)cc3)n2-c2ccccc2C(F)(F)F)c1)N1CCC(Cc2cccnc2)CC1. The number of nitrogens with zero attached hydrogens (tertiary/aromatic N) is 3. The van der Waals surface area contributed by atoms with Crippen molar-refractivity contribution in [2.75, 3.05) is 13.1 Å². The lowest BCUT2D eigenvalue weighted by Crippen LogP contribution is -2.38. The number of piperidine rings is 1. The Bertz CT molecular complexity index is 1720. The van der Waals surface area contributed by atoms with Crippen LogP contribution in [0.4, 0.5) is 13.2 Å². The highest BCUT2D eigenvalue weighted by Gasteiger charge is 2.34. The maximum Gasteiger partial charge on any atom is 0.418 e. The molecule has 1 amide bonds. The van der Waals surface area contributed by atoms with Gasteiger partial charge < -0.3 is 9.47 Å². The fourth-order valence-corrected chi connectivity index (χ4v) is 6.13. The first-order chi connectivity index (χ1) is 20.8. The number of hydrogen-bond donors (Lipinski definition) is 0. The molecule has 43 heavy (non-hydrogen) atoms. The summed E-state index contributed by atoms with van der Waals surface area (Å²) >= 11 is 3.44. The Morgan fingerprint density at radius 3 is 2.26 bits per heavy atom. The summed E-state index contributed by atoms with van der Waals surface area (Å²) in [6.45, 7) is 1.33. The molecule has 3 aromatic carbocycles. The number of hydrogen-bond acceptors (Lipinski definition) is 2. The van der Waals surface area contributed by atoms with Crippen molar-refractivity contribution in [3.63, 3.8) is 0 Å². The van der Waals surface area contributed by atoms with Crippen molar-refractivity contribution in [3.8, 4) is 28.2 Å². The predicted octanol–water partition coefficient (Wildman–Crippen LogP) is 9.08. The fraction of sp³-hybridized carbons (Fsp3) is 0.200. The van der Waals surface area contributed by atoms with Crippen molar-refractivity contribution in [2.45, 2.75) is 25.4 Å². The maximum atomic E-state index is 14.2. The van der Waals surface area contributed by atoms with Gasteiger partial charge in [-0.15, -0.1) is 0 Å². The van der Waals surface area contributed by atoms with E-state index in [1.807, 2.05) is 59.6 Å². The Labute approximate surface area is 256 Å². The van der Waals surface area contributed by atoms with Gasteiger partial charge in [0.05, 0.1) is 22.6 Å². The summed E-state index contributed by atoms with van der Waals surface area (Å²) < 4.78 is 45.2. The number of carbonyl (C=O) groups is 1. The van der Waals surface area contributed by atoms with Crippen molar-refractivity contribution < 1.29 is 18.0 Å². The van der Waals surface area contributed by atoms with Gasteiger partial charge in [-0.1, -0.05) is 58.4 Å². The number of likely N-dealkylation sites (tertiary alicyclic amines) is 1. The quantitative estimate of drug-likeness (QED) is 0.185. The first kappa shape index (κ1) is 28.9. The minimum absolute atomic E-state index is 0.0281. The lowest BCUT2D eigenvalue weighted by molar-refractivity contribution is -0.137. The Kier molecular flexibility index (Phi) is 8.21. The minimum atomic E-state index is -4.55. The third kappa shape index (κ3) is 6.30. The van der Waals surface area contributed by atoms with Crippen LogP contribution < -0.4 is 0 Å². The molecule has 1 saturated heterocycles. The second-order valence-electron chi connectivity index (χ2n) is 10.8. The van der Waals surface area contributed by atoms with Crippen molar-refractivity contribution >= 4 is 21.8 Å². The molecule has 1 aliphatic rings. The van der Waals surface area contributed by atoms with Crippen LogP contribution in [0.2, 0.25) is 0 Å². The van der Waals surface area contributed by atoms with Gasteiger partial charge in [-0.3, -0.25) is 9.78 Å². The Morgan fingerprint density at radius 2 is 1.56 bits per heavy atom. The first-order valence-electron chi connectivity index (χ1n) is 14.2. The summed E-state index contributed by atoms with van der Waals surface area (Å²) in [5.74, 6) is 0.428. The molecule has 218 valence electrons. The van der Waals surface area contributed by atoms with Crippen molar-refractivity contribution in [1.29, 1.82) is 0 Å². The fourth-order valence-electron chi connectivity index (χ4n) is 5.86. The monoisotopic (exact) mass is 643 g/mol. The number of para-hydroxylation sites is 1. The van der Waals surface area contributed by atoms with Gasteiger partial charge in [0.15, 0.2) is 0 Å². The molecule has 0 atom stereocenters. The van der Waals surface area contributed by atoms with Crippen LogP contribution in [0.5, 0.6) is 0 Å². The normalized spacial score (nSPS) is 14.2. The molecule has 4 nitrogen and oxygen atoms in total. The molecule has 8 heteroatoms. The molecule has 0 N–H and O–H groups in total. The van der Waals surface area contributed by atoms with E-state index in [0.29, 0.717) is 41.5 Å². The Hall–Kier alpha value is -4.17. The number of rotatable bonds is 6. The van der Waals surface area contributed by atoms with Crippen LogP contribution in [-0.2, 0) is 12.6 Å². The number of carbonyl (C=O) groups excluding carboxylic acids is 1. The van der Waals surface area contributed by atoms with Gasteiger partial charge in [0, 0.05) is 35.5 Å². The van der Waals surface area contributed by atoms with Gasteiger partial charge in [0.25, 0.3) is 5.91 Å². The average Bonchev–Trinajstić information content (AvgIpc) is 3.47. The summed E-state index contributed by atoms with van der Waals surface area (Å²) in [5, 5.41) is 0. The zero-order valence-electron chi connectivity index (χ0n) is 23.3. The van der Waals surface area contributed by atoms with E-state index in [1.54, 1.807) is 35.0 Å². The average molecular weight is 645 g/mol. The lowest BCUT2D eigenvalue weighted by Gasteiger charge is -2.32. The molecule has 3 heterocycles. The summed E-state index contributed by atoms with van der Waals surface area (Å²) in [5.41, 5.74) is 3.65. The van der Waals surface area contributed by atoms with Gasteiger partial charge in [-0.25, -0.2) is 0 Å². The first-order valence-corrected chi connectivity index (χ1v) is 15.0. The minimum Gasteiger partial charge on any atom is -0.339 e. The molecule has 2 aromatic heterocycles. The molecule has 5 aromatic rings. The number of pyridine rings is 1. The number of benzene rings is 3. The van der Waals surface area contributed by atoms with Crippen LogP contribution in [0.3, 0.4) is 0 Å². The summed E-state index contributed by atoms with van der Waals surface area (Å²) in [4.78, 5) is 19.7. The summed E-state index contributed by atoms with van der Waals surface area (Å²) in [6, 6.07) is 27.9. The largest absolute Gasteiger partial charge is 0.418 e. The smallest absolute Gasteiger partial charge is 0.339 e. The summed E-state index contributed by atoms with van der Waals surface area (Å²) in [6.07, 6.45) is 1.89. The number of amides is 1. The lowest BCUT2D eigenvalue weighted by atomic mass is 9.90. The van der Waals surface area contributed by atoms with E-state index in [-0.39, 0.29) is 11.6 Å². The number of halogens is 4. The van der Waals surface area contributed by atoms with Crippen LogP contribution in [-0.4, -0.2) is 33.4 Å². The number of aromatic nitrogens is 2. The molecule has 0 bridgehead atoms. The van der Waals surface area contributed by atoms with Gasteiger partial charge in [0.1, 0.15) is 0 Å². The maximum absolute atomic E-state index is 14.2. The van der Waals surface area contributed by atoms with Crippen LogP contribution in [0.25, 0.3) is 28.2 Å². The second kappa shape index (κ2) is 12.2. The zero-order valence-corrected chi connectivity index (χ0v) is 24.9. The molecule has 0 radical (unpaired) electrons.